The van der Waals surface area contributed by atoms with E-state index in [4.69, 9.17) is 49.2 Å². The standard InChI is InChI=1S/C13H30N8O3S/c14-9-13(10-15,11-16)20-12(25)18-1-3-22-5-7-24-8-6-23-4-2-19-21-17/h1-11,14-16H2,(H2,18,20,25). The number of azide groups is 1. The minimum atomic E-state index is -0.582. The smallest absolute Gasteiger partial charge is 0.166 e. The molecule has 0 unspecified atom stereocenters. The molecule has 0 spiro atoms. The van der Waals surface area contributed by atoms with Crippen molar-refractivity contribution in [3.63, 3.8) is 0 Å². The highest BCUT2D eigenvalue weighted by Crippen LogP contribution is 1.96. The highest BCUT2D eigenvalue weighted by molar-refractivity contribution is 7.80. The lowest BCUT2D eigenvalue weighted by Crippen LogP contribution is -2.64. The zero-order valence-corrected chi connectivity index (χ0v) is 15.3. The van der Waals surface area contributed by atoms with Gasteiger partial charge in [-0.25, -0.2) is 0 Å². The number of ether oxygens (including phenoxy) is 3. The zero-order valence-electron chi connectivity index (χ0n) is 14.5. The molecule has 0 heterocycles. The lowest BCUT2D eigenvalue weighted by Gasteiger charge is -2.32. The quantitative estimate of drug-likeness (QED) is 0.0697. The summed E-state index contributed by atoms with van der Waals surface area (Å²) >= 11 is 5.18. The van der Waals surface area contributed by atoms with Crippen LogP contribution in [0.1, 0.15) is 0 Å². The van der Waals surface area contributed by atoms with Gasteiger partial charge in [-0.3, -0.25) is 0 Å². The molecule has 0 aliphatic carbocycles. The fourth-order valence-corrected chi connectivity index (χ4v) is 1.94. The molecule has 0 aliphatic rings. The minimum absolute atomic E-state index is 0.297. The molecule has 0 aromatic heterocycles. The van der Waals surface area contributed by atoms with Crippen molar-refractivity contribution < 1.29 is 14.2 Å². The Morgan fingerprint density at radius 3 is 2.00 bits per heavy atom. The summed E-state index contributed by atoms with van der Waals surface area (Å²) < 4.78 is 15.9. The molecule has 0 rings (SSSR count). The van der Waals surface area contributed by atoms with Crippen LogP contribution in [0.3, 0.4) is 0 Å². The lowest BCUT2D eigenvalue weighted by atomic mass is 10.0. The van der Waals surface area contributed by atoms with Gasteiger partial charge in [0.05, 0.1) is 45.2 Å². The Kier molecular flexibility index (Phi) is 15.4. The first-order valence-electron chi connectivity index (χ1n) is 8.04. The molecule has 0 amide bonds. The Labute approximate surface area is 153 Å². The summed E-state index contributed by atoms with van der Waals surface area (Å²) in [6.45, 7) is 4.49. The van der Waals surface area contributed by atoms with E-state index >= 15 is 0 Å². The zero-order chi connectivity index (χ0) is 18.8. The van der Waals surface area contributed by atoms with Gasteiger partial charge in [-0.15, -0.1) is 0 Å². The first-order valence-corrected chi connectivity index (χ1v) is 8.45. The van der Waals surface area contributed by atoms with E-state index in [0.29, 0.717) is 77.5 Å². The topological polar surface area (TPSA) is 179 Å². The number of nitrogens with one attached hydrogen (secondary N) is 2. The molecule has 0 saturated heterocycles. The summed E-state index contributed by atoms with van der Waals surface area (Å²) in [4.78, 5) is 2.62. The Balaban J connectivity index is 3.46. The molecule has 0 saturated carbocycles. The molecule has 0 aromatic rings. The summed E-state index contributed by atoms with van der Waals surface area (Å²) in [6.07, 6.45) is 0. The minimum Gasteiger partial charge on any atom is -0.379 e. The van der Waals surface area contributed by atoms with E-state index in [0.717, 1.165) is 0 Å². The Hall–Kier alpha value is -1.24. The predicted molar refractivity (Wildman–Crippen MR) is 100 cm³/mol. The highest BCUT2D eigenvalue weighted by atomic mass is 32.1. The second-order valence-electron chi connectivity index (χ2n) is 5.07. The molecule has 12 heteroatoms. The van der Waals surface area contributed by atoms with Crippen LogP contribution in [-0.4, -0.2) is 83.0 Å². The molecule has 0 aromatic carbocycles. The number of hydrogen-bond acceptors (Lipinski definition) is 8. The van der Waals surface area contributed by atoms with Crippen molar-refractivity contribution >= 4 is 17.3 Å². The second-order valence-corrected chi connectivity index (χ2v) is 5.47. The third-order valence-electron chi connectivity index (χ3n) is 3.23. The van der Waals surface area contributed by atoms with Gasteiger partial charge in [-0.05, 0) is 17.7 Å². The number of nitrogens with two attached hydrogens (primary N) is 3. The number of rotatable bonds is 16. The van der Waals surface area contributed by atoms with E-state index in [1.54, 1.807) is 0 Å². The van der Waals surface area contributed by atoms with Gasteiger partial charge in [0.15, 0.2) is 5.11 Å². The Morgan fingerprint density at radius 1 is 0.960 bits per heavy atom. The summed E-state index contributed by atoms with van der Waals surface area (Å²) in [5.41, 5.74) is 24.5. The average molecular weight is 379 g/mol. The van der Waals surface area contributed by atoms with Crippen LogP contribution in [-0.2, 0) is 14.2 Å². The normalized spacial score (nSPS) is 11.0. The van der Waals surface area contributed by atoms with Gasteiger partial charge in [0.2, 0.25) is 0 Å². The van der Waals surface area contributed by atoms with E-state index in [-0.39, 0.29) is 0 Å². The first kappa shape index (κ1) is 23.8. The van der Waals surface area contributed by atoms with Crippen LogP contribution in [0.15, 0.2) is 5.11 Å². The van der Waals surface area contributed by atoms with E-state index in [9.17, 15) is 0 Å². The van der Waals surface area contributed by atoms with Gasteiger partial charge in [0.25, 0.3) is 0 Å². The number of thiocarbonyl (C=S) groups is 1. The molecule has 146 valence electrons. The van der Waals surface area contributed by atoms with Crippen LogP contribution in [0.25, 0.3) is 10.4 Å². The van der Waals surface area contributed by atoms with Gasteiger partial charge in [0, 0.05) is 37.6 Å². The van der Waals surface area contributed by atoms with Crippen molar-refractivity contribution in [3.8, 4) is 0 Å². The second kappa shape index (κ2) is 16.2. The van der Waals surface area contributed by atoms with Crippen molar-refractivity contribution in [1.29, 1.82) is 0 Å². The molecule has 11 nitrogen and oxygen atoms in total. The molecular formula is C13H30N8O3S. The number of hydrogen-bond donors (Lipinski definition) is 5. The van der Waals surface area contributed by atoms with Gasteiger partial charge in [-0.1, -0.05) is 5.11 Å². The summed E-state index contributed by atoms with van der Waals surface area (Å²) in [5, 5.41) is 9.85. The van der Waals surface area contributed by atoms with Crippen LogP contribution >= 0.6 is 12.2 Å². The van der Waals surface area contributed by atoms with Crippen molar-refractivity contribution in [2.75, 3.05) is 72.4 Å². The maximum Gasteiger partial charge on any atom is 0.166 e. The molecular weight excluding hydrogens is 348 g/mol. The molecule has 25 heavy (non-hydrogen) atoms. The van der Waals surface area contributed by atoms with Crippen molar-refractivity contribution in [3.05, 3.63) is 10.4 Å². The molecule has 0 bridgehead atoms. The summed E-state index contributed by atoms with van der Waals surface area (Å²) in [6, 6.07) is 0. The predicted octanol–water partition coefficient (Wildman–Crippen LogP) is -1.57. The summed E-state index contributed by atoms with van der Waals surface area (Å²) in [5.74, 6) is 0. The van der Waals surface area contributed by atoms with Gasteiger partial charge < -0.3 is 42.0 Å². The van der Waals surface area contributed by atoms with E-state index in [2.05, 4.69) is 20.7 Å². The largest absolute Gasteiger partial charge is 0.379 e. The highest BCUT2D eigenvalue weighted by Gasteiger charge is 2.25. The third kappa shape index (κ3) is 12.7. The average Bonchev–Trinajstić information content (AvgIpc) is 2.63. The van der Waals surface area contributed by atoms with Crippen LogP contribution in [0, 0.1) is 0 Å². The molecule has 0 radical (unpaired) electrons. The van der Waals surface area contributed by atoms with Crippen LogP contribution < -0.4 is 27.8 Å². The molecule has 0 aliphatic heterocycles. The van der Waals surface area contributed by atoms with Crippen LogP contribution in [0.5, 0.6) is 0 Å². The lowest BCUT2D eigenvalue weighted by molar-refractivity contribution is 0.0170. The van der Waals surface area contributed by atoms with E-state index in [1.807, 2.05) is 0 Å². The van der Waals surface area contributed by atoms with Gasteiger partial charge >= 0.3 is 0 Å². The molecule has 8 N–H and O–H groups in total. The summed E-state index contributed by atoms with van der Waals surface area (Å²) in [7, 11) is 0. The van der Waals surface area contributed by atoms with Gasteiger partial charge in [-0.2, -0.15) is 0 Å². The molecule has 0 fully saturated rings. The first-order chi connectivity index (χ1) is 12.1. The van der Waals surface area contributed by atoms with E-state index in [1.165, 1.54) is 0 Å². The monoisotopic (exact) mass is 378 g/mol. The van der Waals surface area contributed by atoms with Crippen molar-refractivity contribution in [2.24, 2.45) is 22.3 Å². The van der Waals surface area contributed by atoms with Crippen LogP contribution in [0.4, 0.5) is 0 Å². The Bertz CT molecular complexity index is 383. The third-order valence-corrected chi connectivity index (χ3v) is 3.47. The van der Waals surface area contributed by atoms with Crippen molar-refractivity contribution in [1.82, 2.24) is 10.6 Å². The fourth-order valence-electron chi connectivity index (χ4n) is 1.62. The van der Waals surface area contributed by atoms with Gasteiger partial charge in [0.1, 0.15) is 0 Å². The number of nitrogens with zero attached hydrogens (tertiary/aromatic N) is 3. The Morgan fingerprint density at radius 2 is 1.48 bits per heavy atom. The van der Waals surface area contributed by atoms with Crippen molar-refractivity contribution in [2.45, 2.75) is 5.54 Å². The SMILES string of the molecule is [N-]=[N+]=NCCOCCOCCOCCNC(=S)NC(CN)(CN)CN. The van der Waals surface area contributed by atoms with E-state index < -0.39 is 5.54 Å². The molecule has 0 atom stereocenters. The maximum atomic E-state index is 8.08. The van der Waals surface area contributed by atoms with Crippen LogP contribution in [0.2, 0.25) is 0 Å². The fraction of sp³-hybridized carbons (Fsp3) is 0.923. The maximum absolute atomic E-state index is 8.08.